The Morgan fingerprint density at radius 3 is 2.68 bits per heavy atom. The fourth-order valence-electron chi connectivity index (χ4n) is 3.40. The van der Waals surface area contributed by atoms with E-state index in [0.717, 1.165) is 11.6 Å². The average Bonchev–Trinajstić information content (AvgIpc) is 2.70. The topological polar surface area (TPSA) is 63.1 Å². The van der Waals surface area contributed by atoms with Crippen molar-refractivity contribution in [3.63, 3.8) is 0 Å². The summed E-state index contributed by atoms with van der Waals surface area (Å²) < 4.78 is 28.9. The maximum absolute atomic E-state index is 14.2. The van der Waals surface area contributed by atoms with Crippen LogP contribution in [0.3, 0.4) is 0 Å². The maximum atomic E-state index is 14.2. The van der Waals surface area contributed by atoms with E-state index in [2.05, 4.69) is 15.3 Å². The quantitative estimate of drug-likeness (QED) is 0.752. The lowest BCUT2D eigenvalue weighted by Crippen LogP contribution is -2.48. The average molecular weight is 383 g/mol. The normalized spacial score (nSPS) is 17.0. The smallest absolute Gasteiger partial charge is 0.255 e. The van der Waals surface area contributed by atoms with Crippen LogP contribution in [0.4, 0.5) is 14.7 Å². The van der Waals surface area contributed by atoms with E-state index >= 15 is 0 Å². The van der Waals surface area contributed by atoms with Gasteiger partial charge in [-0.3, -0.25) is 14.3 Å². The first-order chi connectivity index (χ1) is 13.5. The molecule has 3 heterocycles. The van der Waals surface area contributed by atoms with E-state index in [4.69, 9.17) is 0 Å². The fourth-order valence-corrected chi connectivity index (χ4v) is 3.40. The fraction of sp³-hybridized carbons (Fsp3) is 0.250. The largest absolute Gasteiger partial charge is 0.339 e. The van der Waals surface area contributed by atoms with Crippen molar-refractivity contribution in [2.75, 3.05) is 24.5 Å². The Morgan fingerprint density at radius 2 is 1.93 bits per heavy atom. The van der Waals surface area contributed by atoms with Gasteiger partial charge in [0, 0.05) is 62.3 Å². The molecule has 1 aliphatic rings. The van der Waals surface area contributed by atoms with Gasteiger partial charge in [-0.05, 0) is 18.2 Å². The van der Waals surface area contributed by atoms with E-state index in [0.29, 0.717) is 36.8 Å². The second kappa shape index (κ2) is 7.47. The lowest BCUT2D eigenvalue weighted by atomic mass is 10.0. The number of hydrogen-bond donors (Lipinski definition) is 1. The second-order valence-electron chi connectivity index (χ2n) is 6.69. The summed E-state index contributed by atoms with van der Waals surface area (Å²) in [5, 5.41) is 3.25. The third-order valence-electron chi connectivity index (χ3n) is 4.88. The summed E-state index contributed by atoms with van der Waals surface area (Å²) in [4.78, 5) is 23.1. The van der Waals surface area contributed by atoms with Crippen molar-refractivity contribution in [1.82, 2.24) is 19.9 Å². The third kappa shape index (κ3) is 3.50. The Morgan fingerprint density at radius 1 is 1.14 bits per heavy atom. The third-order valence-corrected chi connectivity index (χ3v) is 4.88. The van der Waals surface area contributed by atoms with Crippen LogP contribution < -0.4 is 15.8 Å². The van der Waals surface area contributed by atoms with Gasteiger partial charge in [0.05, 0.1) is 11.7 Å². The number of pyridine rings is 1. The molecule has 144 valence electrons. The summed E-state index contributed by atoms with van der Waals surface area (Å²) in [6.07, 6.45) is 3.29. The number of benzene rings is 1. The summed E-state index contributed by atoms with van der Waals surface area (Å²) in [7, 11) is 1.66. The highest BCUT2D eigenvalue weighted by molar-refractivity contribution is 5.59. The van der Waals surface area contributed by atoms with Crippen molar-refractivity contribution < 1.29 is 8.78 Å². The van der Waals surface area contributed by atoms with Crippen LogP contribution in [-0.4, -0.2) is 34.2 Å². The van der Waals surface area contributed by atoms with Crippen molar-refractivity contribution in [3.8, 4) is 11.3 Å². The van der Waals surface area contributed by atoms with E-state index in [1.807, 2.05) is 4.90 Å². The molecule has 1 fully saturated rings. The number of halogens is 2. The molecule has 1 aromatic carbocycles. The highest BCUT2D eigenvalue weighted by atomic mass is 19.1. The van der Waals surface area contributed by atoms with Gasteiger partial charge in [-0.2, -0.15) is 0 Å². The van der Waals surface area contributed by atoms with Crippen LogP contribution in [0, 0.1) is 11.6 Å². The second-order valence-corrected chi connectivity index (χ2v) is 6.69. The first-order valence-corrected chi connectivity index (χ1v) is 8.94. The SMILES string of the molecule is Cn1c(N2CCNC(c3ccc(F)cc3F)C2)nc(-c2ccncc2)cc1=O. The van der Waals surface area contributed by atoms with Crippen LogP contribution in [0.5, 0.6) is 0 Å². The standard InChI is InChI=1S/C20H19F2N5O/c1-26-19(28)11-17(13-4-6-23-7-5-13)25-20(26)27-9-8-24-18(12-27)15-3-2-14(21)10-16(15)22/h2-7,10-11,18,24H,8-9,12H2,1H3. The molecule has 28 heavy (non-hydrogen) atoms. The van der Waals surface area contributed by atoms with Gasteiger partial charge in [-0.15, -0.1) is 0 Å². The predicted octanol–water partition coefficient (Wildman–Crippen LogP) is 2.27. The van der Waals surface area contributed by atoms with Crippen molar-refractivity contribution in [1.29, 1.82) is 0 Å². The molecule has 0 amide bonds. The zero-order chi connectivity index (χ0) is 19.7. The van der Waals surface area contributed by atoms with Crippen LogP contribution in [0.2, 0.25) is 0 Å². The Hall–Kier alpha value is -3.13. The highest BCUT2D eigenvalue weighted by Gasteiger charge is 2.26. The van der Waals surface area contributed by atoms with Crippen LogP contribution in [0.15, 0.2) is 53.6 Å². The van der Waals surface area contributed by atoms with E-state index in [-0.39, 0.29) is 11.6 Å². The molecule has 0 spiro atoms. The molecule has 1 unspecified atom stereocenters. The Bertz CT molecular complexity index is 1050. The van der Waals surface area contributed by atoms with Crippen LogP contribution >= 0.6 is 0 Å². The number of nitrogens with one attached hydrogen (secondary N) is 1. The molecular formula is C20H19F2N5O. The van der Waals surface area contributed by atoms with Crippen molar-refractivity contribution in [3.05, 3.63) is 76.3 Å². The van der Waals surface area contributed by atoms with Gasteiger partial charge in [-0.1, -0.05) is 6.07 Å². The lowest BCUT2D eigenvalue weighted by Gasteiger charge is -2.35. The number of hydrogen-bond acceptors (Lipinski definition) is 5. The first kappa shape index (κ1) is 18.2. The van der Waals surface area contributed by atoms with Crippen molar-refractivity contribution >= 4 is 5.95 Å². The molecule has 8 heteroatoms. The highest BCUT2D eigenvalue weighted by Crippen LogP contribution is 2.24. The lowest BCUT2D eigenvalue weighted by molar-refractivity contribution is 0.443. The molecule has 0 aliphatic carbocycles. The Balaban J connectivity index is 1.68. The zero-order valence-electron chi connectivity index (χ0n) is 15.3. The molecule has 1 N–H and O–H groups in total. The number of piperazine rings is 1. The minimum atomic E-state index is -0.608. The van der Waals surface area contributed by atoms with Gasteiger partial charge in [0.2, 0.25) is 5.95 Å². The van der Waals surface area contributed by atoms with Gasteiger partial charge in [0.1, 0.15) is 11.6 Å². The Labute approximate surface area is 160 Å². The number of anilines is 1. The molecule has 1 atom stereocenters. The number of aromatic nitrogens is 3. The minimum Gasteiger partial charge on any atom is -0.339 e. The summed E-state index contributed by atoms with van der Waals surface area (Å²) in [5.74, 6) is -0.692. The molecule has 0 saturated carbocycles. The predicted molar refractivity (Wildman–Crippen MR) is 102 cm³/mol. The zero-order valence-corrected chi connectivity index (χ0v) is 15.3. The van der Waals surface area contributed by atoms with Gasteiger partial charge in [0.15, 0.2) is 0 Å². The molecule has 1 aliphatic heterocycles. The van der Waals surface area contributed by atoms with Gasteiger partial charge in [0.25, 0.3) is 5.56 Å². The first-order valence-electron chi connectivity index (χ1n) is 8.94. The van der Waals surface area contributed by atoms with Gasteiger partial charge < -0.3 is 10.2 Å². The number of nitrogens with zero attached hydrogens (tertiary/aromatic N) is 4. The van der Waals surface area contributed by atoms with Crippen LogP contribution in [-0.2, 0) is 7.05 Å². The molecular weight excluding hydrogens is 364 g/mol. The Kier molecular flexibility index (Phi) is 4.87. The van der Waals surface area contributed by atoms with Gasteiger partial charge in [-0.25, -0.2) is 13.8 Å². The summed E-state index contributed by atoms with van der Waals surface area (Å²) in [6.45, 7) is 1.60. The van der Waals surface area contributed by atoms with Gasteiger partial charge >= 0.3 is 0 Å². The summed E-state index contributed by atoms with van der Waals surface area (Å²) >= 11 is 0. The van der Waals surface area contributed by atoms with E-state index in [9.17, 15) is 13.6 Å². The van der Waals surface area contributed by atoms with E-state index in [1.54, 1.807) is 31.6 Å². The van der Waals surface area contributed by atoms with E-state index in [1.165, 1.54) is 22.8 Å². The minimum absolute atomic E-state index is 0.181. The van der Waals surface area contributed by atoms with Crippen LogP contribution in [0.25, 0.3) is 11.3 Å². The molecule has 1 saturated heterocycles. The van der Waals surface area contributed by atoms with Crippen LogP contribution in [0.1, 0.15) is 11.6 Å². The molecule has 0 radical (unpaired) electrons. The molecule has 3 aromatic rings. The molecule has 2 aromatic heterocycles. The van der Waals surface area contributed by atoms with E-state index < -0.39 is 11.6 Å². The summed E-state index contributed by atoms with van der Waals surface area (Å²) in [6, 6.07) is 8.31. The molecule has 6 nitrogen and oxygen atoms in total. The van der Waals surface area contributed by atoms with Crippen molar-refractivity contribution in [2.45, 2.75) is 6.04 Å². The molecule has 4 rings (SSSR count). The molecule has 0 bridgehead atoms. The van der Waals surface area contributed by atoms with Crippen molar-refractivity contribution in [2.24, 2.45) is 7.05 Å². The summed E-state index contributed by atoms with van der Waals surface area (Å²) in [5.41, 5.74) is 1.56. The monoisotopic (exact) mass is 383 g/mol. The number of rotatable bonds is 3. The maximum Gasteiger partial charge on any atom is 0.255 e.